The first-order chi connectivity index (χ1) is 44.0. The number of nitrogens with two attached hydrogens (primary N) is 6. The molecule has 0 aliphatic rings. The van der Waals surface area contributed by atoms with Gasteiger partial charge in [-0.2, -0.15) is 35.3 Å². The molecule has 0 saturated carbocycles. The summed E-state index contributed by atoms with van der Waals surface area (Å²) in [6, 6.07) is -8.53. The van der Waals surface area contributed by atoms with Gasteiger partial charge >= 0.3 is 17.9 Å². The number of rotatable bonds is 49. The summed E-state index contributed by atoms with van der Waals surface area (Å²) in [5.41, 5.74) is 34.3. The number of phenols is 1. The largest absolute Gasteiger partial charge is 0.508 e. The van der Waals surface area contributed by atoms with Crippen molar-refractivity contribution >= 4 is 118 Å². The number of carbonyl (C=O) groups excluding carboxylic acids is 9. The first-order valence-electron chi connectivity index (χ1n) is 30.2. The number of carboxylic acid groups (broad SMARTS) is 3. The number of unbranched alkanes of at least 4 members (excludes halogenated alkanes) is 1. The summed E-state index contributed by atoms with van der Waals surface area (Å²) < 4.78 is 0. The number of aromatic hydroxyl groups is 1. The molecule has 25 N–H and O–H groups in total. The van der Waals surface area contributed by atoms with Gasteiger partial charge in [-0.15, -0.1) is 0 Å². The summed E-state index contributed by atoms with van der Waals surface area (Å²) in [5.74, 6) is -12.1. The number of carboxylic acids is 3. The Hall–Kier alpha value is -7.83. The lowest BCUT2D eigenvalue weighted by atomic mass is 10.0. The predicted octanol–water partition coefficient (Wildman–Crippen LogP) is -3.41. The lowest BCUT2D eigenvalue weighted by molar-refractivity contribution is -0.142. The Bertz CT molecular complexity index is 2660. The summed E-state index contributed by atoms with van der Waals surface area (Å²) in [6.07, 6.45) is 3.68. The van der Waals surface area contributed by atoms with Gasteiger partial charge in [0.15, 0.2) is 11.9 Å². The van der Waals surface area contributed by atoms with E-state index >= 15 is 0 Å². The smallest absolute Gasteiger partial charge is 0.326 e. The second-order valence-corrected chi connectivity index (χ2v) is 25.0. The maximum absolute atomic E-state index is 14.6. The average Bonchev–Trinajstić information content (AvgIpc) is 1.24. The summed E-state index contributed by atoms with van der Waals surface area (Å²) in [4.78, 5) is 170. The lowest BCUT2D eigenvalue weighted by Gasteiger charge is -2.28. The van der Waals surface area contributed by atoms with Crippen molar-refractivity contribution in [2.75, 3.05) is 55.7 Å². The highest BCUT2D eigenvalue weighted by molar-refractivity contribution is 7.99. The molecule has 1 rings (SSSR count). The zero-order valence-corrected chi connectivity index (χ0v) is 55.7. The highest BCUT2D eigenvalue weighted by Gasteiger charge is 2.36. The van der Waals surface area contributed by atoms with Crippen LogP contribution in [-0.2, 0) is 64.0 Å². The highest BCUT2D eigenvalue weighted by Crippen LogP contribution is 2.16. The molecule has 36 heteroatoms. The van der Waals surface area contributed by atoms with Gasteiger partial charge in [-0.05, 0) is 143 Å². The van der Waals surface area contributed by atoms with Gasteiger partial charge < -0.3 is 103 Å². The maximum Gasteiger partial charge on any atom is 0.326 e. The van der Waals surface area contributed by atoms with Crippen molar-refractivity contribution in [3.05, 3.63) is 29.8 Å². The zero-order valence-electron chi connectivity index (χ0n) is 53.3. The number of benzene rings is 1. The monoisotopic (exact) mass is 1370 g/mol. The molecule has 1 aromatic carbocycles. The van der Waals surface area contributed by atoms with Crippen molar-refractivity contribution < 1.29 is 78.0 Å². The van der Waals surface area contributed by atoms with Crippen LogP contribution in [0.2, 0.25) is 0 Å². The van der Waals surface area contributed by atoms with Gasteiger partial charge in [0.25, 0.3) is 0 Å². The molecule has 0 bridgehead atoms. The van der Waals surface area contributed by atoms with Gasteiger partial charge in [0.2, 0.25) is 53.2 Å². The van der Waals surface area contributed by atoms with Gasteiger partial charge in [0.05, 0.1) is 12.5 Å². The second kappa shape index (κ2) is 46.3. The molecule has 93 heavy (non-hydrogen) atoms. The Balaban J connectivity index is 3.78. The number of aliphatic imine (C=N–C) groups is 2. The van der Waals surface area contributed by atoms with Crippen LogP contribution >= 0.6 is 35.3 Å². The molecule has 33 nitrogen and oxygen atoms in total. The van der Waals surface area contributed by atoms with E-state index in [9.17, 15) is 72.9 Å². The molecule has 9 amide bonds. The Morgan fingerprint density at radius 3 is 1.17 bits per heavy atom. The van der Waals surface area contributed by atoms with Crippen LogP contribution in [0.25, 0.3) is 0 Å². The number of thioether (sulfide) groups is 3. The Labute approximate surface area is 553 Å². The molecule has 0 heterocycles. The predicted molar refractivity (Wildman–Crippen MR) is 355 cm³/mol. The van der Waals surface area contributed by atoms with E-state index in [2.05, 4.69) is 57.8 Å². The molecule has 10 atom stereocenters. The van der Waals surface area contributed by atoms with E-state index in [-0.39, 0.29) is 114 Å². The van der Waals surface area contributed by atoms with E-state index in [4.69, 9.17) is 39.5 Å². The maximum atomic E-state index is 14.6. The van der Waals surface area contributed by atoms with Gasteiger partial charge in [-0.25, -0.2) is 4.79 Å². The standard InChI is InChI=1S/C57H97N17O16S3/c1-31(2)28-42(73-50(84)38(17-18-44(76)77)66-46(80)34(59)30-45(78)79)53(87)69-37(12-9-24-65-57(62)63)49(83)68-36(11-8-23-64-56(60)61)48(82)67-35(10-6-7-22-58)47(81)70-39(19-25-91-3)51(85)71-40(20-26-92-4)52(86)74-43(29-32-13-15-33(75)16-14-32)54(88)72-41(55(89)90)21-27-93-5/h13-16,31,34-43,75H,6-12,17-30,58-59H2,1-5H3,(H,66,80)(H,67,82)(H,68,83)(H,69,87)(H,70,81)(H,71,85)(H,72,88)(H,73,84)(H,74,86)(H,76,77)(H,78,79)(H,89,90)(H4,60,61,64)(H4,62,63,65)/t34-,35-,36-,37-,38-,39-,40-,41-,42-,43-/m0/s1. The number of hydrogen-bond donors (Lipinski definition) is 19. The van der Waals surface area contributed by atoms with E-state index in [1.54, 1.807) is 32.6 Å². The number of nitrogens with zero attached hydrogens (tertiary/aromatic N) is 2. The summed E-state index contributed by atoms with van der Waals surface area (Å²) in [7, 11) is 0. The molecule has 0 aromatic heterocycles. The van der Waals surface area contributed by atoms with E-state index in [0.717, 1.165) is 0 Å². The molecule has 0 aliphatic heterocycles. The van der Waals surface area contributed by atoms with Crippen LogP contribution in [0.15, 0.2) is 34.3 Å². The molecular formula is C57H97N17O16S3. The van der Waals surface area contributed by atoms with Crippen LogP contribution in [-0.4, -0.2) is 219 Å². The third kappa shape index (κ3) is 35.7. The fourth-order valence-electron chi connectivity index (χ4n) is 8.86. The van der Waals surface area contributed by atoms with Crippen LogP contribution in [0, 0.1) is 5.92 Å². The summed E-state index contributed by atoms with van der Waals surface area (Å²) in [5, 5.41) is 61.7. The minimum atomic E-state index is -1.63. The number of guanidine groups is 2. The number of aliphatic carboxylic acids is 3. The molecule has 0 fully saturated rings. The number of carbonyl (C=O) groups is 12. The van der Waals surface area contributed by atoms with Crippen LogP contribution in [0.3, 0.4) is 0 Å². The summed E-state index contributed by atoms with van der Waals surface area (Å²) >= 11 is 4.07. The molecule has 0 aliphatic carbocycles. The van der Waals surface area contributed by atoms with Crippen molar-refractivity contribution in [3.63, 3.8) is 0 Å². The minimum absolute atomic E-state index is 0.0181. The van der Waals surface area contributed by atoms with E-state index in [1.807, 2.05) is 0 Å². The van der Waals surface area contributed by atoms with Gasteiger partial charge in [-0.3, -0.25) is 62.7 Å². The Morgan fingerprint density at radius 2 is 0.796 bits per heavy atom. The molecule has 0 radical (unpaired) electrons. The fourth-order valence-corrected chi connectivity index (χ4v) is 10.3. The first kappa shape index (κ1) is 83.2. The number of hydrogen-bond acceptors (Lipinski definition) is 20. The number of phenolic OH excluding ortho intramolecular Hbond substituents is 1. The zero-order chi connectivity index (χ0) is 70.2. The second-order valence-electron chi connectivity index (χ2n) is 22.1. The van der Waals surface area contributed by atoms with E-state index in [1.165, 1.54) is 59.6 Å². The number of amides is 9. The molecule has 0 saturated heterocycles. The topological polar surface area (TPSA) is 575 Å². The SMILES string of the molecule is CSCC[C@H](NC(=O)[C@H](Cc1ccc(O)cc1)NC(=O)[C@H](CCSC)NC(=O)[C@H](CCSC)NC(=O)[C@H](CCCCN)NC(=O)[C@H](CCCN=C(N)N)NC(=O)[C@H](CCCN=C(N)N)NC(=O)[C@H](CC(C)C)NC(=O)[C@H](CCC(=O)O)NC(=O)[C@@H](N)CC(=O)O)C(=O)O. The van der Waals surface area contributed by atoms with E-state index in [0.29, 0.717) is 29.2 Å². The van der Waals surface area contributed by atoms with E-state index < -0.39 is 151 Å². The molecule has 0 spiro atoms. The quantitative estimate of drug-likeness (QED) is 0.0172. The van der Waals surface area contributed by atoms with Gasteiger partial charge in [0, 0.05) is 25.9 Å². The van der Waals surface area contributed by atoms with Crippen molar-refractivity contribution in [1.29, 1.82) is 0 Å². The van der Waals surface area contributed by atoms with Crippen molar-refractivity contribution in [2.24, 2.45) is 50.3 Å². The third-order valence-electron chi connectivity index (χ3n) is 13.8. The fraction of sp³-hybridized carbons (Fsp3) is 0.649. The average molecular weight is 1370 g/mol. The normalized spacial score (nSPS) is 14.2. The Kier molecular flexibility index (Phi) is 41.4. The van der Waals surface area contributed by atoms with Gasteiger partial charge in [-0.1, -0.05) is 26.0 Å². The molecular weight excluding hydrogens is 1270 g/mol. The molecule has 0 unspecified atom stereocenters. The summed E-state index contributed by atoms with van der Waals surface area (Å²) in [6.45, 7) is 3.54. The van der Waals surface area contributed by atoms with Crippen LogP contribution in [0.4, 0.5) is 0 Å². The highest BCUT2D eigenvalue weighted by atomic mass is 32.2. The van der Waals surface area contributed by atoms with Gasteiger partial charge in [0.1, 0.15) is 60.1 Å². The van der Waals surface area contributed by atoms with Crippen LogP contribution < -0.4 is 82.3 Å². The number of nitrogens with one attached hydrogen (secondary N) is 9. The molecule has 524 valence electrons. The van der Waals surface area contributed by atoms with Crippen molar-refractivity contribution in [3.8, 4) is 5.75 Å². The third-order valence-corrected chi connectivity index (χ3v) is 15.7. The molecule has 1 aromatic rings. The first-order valence-corrected chi connectivity index (χ1v) is 34.4. The van der Waals surface area contributed by atoms with Crippen molar-refractivity contribution in [2.45, 2.75) is 171 Å². The van der Waals surface area contributed by atoms with Crippen molar-refractivity contribution in [1.82, 2.24) is 47.9 Å². The Morgan fingerprint density at radius 1 is 0.452 bits per heavy atom. The van der Waals surface area contributed by atoms with Crippen LogP contribution in [0.5, 0.6) is 5.75 Å². The lowest BCUT2D eigenvalue weighted by Crippen LogP contribution is -2.60. The minimum Gasteiger partial charge on any atom is -0.508 e. The van der Waals surface area contributed by atoms with Crippen LogP contribution in [0.1, 0.15) is 109 Å².